The van der Waals surface area contributed by atoms with Crippen molar-refractivity contribution in [3.63, 3.8) is 0 Å². The predicted octanol–water partition coefficient (Wildman–Crippen LogP) is 3.70. The van der Waals surface area contributed by atoms with E-state index in [1.165, 1.54) is 16.9 Å². The topological polar surface area (TPSA) is 21.3 Å². The Morgan fingerprint density at radius 1 is 1.17 bits per heavy atom. The van der Waals surface area contributed by atoms with Gasteiger partial charge in [0.1, 0.15) is 0 Å². The fourth-order valence-electron chi connectivity index (χ4n) is 1.61. The summed E-state index contributed by atoms with van der Waals surface area (Å²) in [6.07, 6.45) is 2.31. The molecule has 0 bridgehead atoms. The van der Waals surface area contributed by atoms with Gasteiger partial charge < -0.3 is 10.1 Å². The molecule has 0 unspecified atom stereocenters. The molecule has 18 heavy (non-hydrogen) atoms. The third kappa shape index (κ3) is 7.04. The molecule has 0 heterocycles. The second-order valence-corrected chi connectivity index (χ2v) is 5.39. The summed E-state index contributed by atoms with van der Waals surface area (Å²) < 4.78 is 5.32. The van der Waals surface area contributed by atoms with Gasteiger partial charge in [0.15, 0.2) is 0 Å². The van der Waals surface area contributed by atoms with Crippen LogP contribution in [0.25, 0.3) is 0 Å². The van der Waals surface area contributed by atoms with E-state index in [-0.39, 0.29) is 0 Å². The zero-order chi connectivity index (χ0) is 13.1. The van der Waals surface area contributed by atoms with Crippen molar-refractivity contribution in [1.29, 1.82) is 0 Å². The normalized spacial score (nSPS) is 10.8. The molecule has 0 aliphatic rings. The van der Waals surface area contributed by atoms with Gasteiger partial charge in [-0.15, -0.1) is 11.8 Å². The standard InChI is InChI=1S/C15H25NOS/c1-3-10-16-13-14-6-8-15(9-7-14)18-12-5-11-17-4-2/h6-9,16H,3-5,10-13H2,1-2H3. The van der Waals surface area contributed by atoms with E-state index in [0.717, 1.165) is 38.5 Å². The van der Waals surface area contributed by atoms with E-state index in [4.69, 9.17) is 4.74 Å². The van der Waals surface area contributed by atoms with E-state index in [9.17, 15) is 0 Å². The summed E-state index contributed by atoms with van der Waals surface area (Å²) in [7, 11) is 0. The van der Waals surface area contributed by atoms with Crippen molar-refractivity contribution in [3.05, 3.63) is 29.8 Å². The number of nitrogens with one attached hydrogen (secondary N) is 1. The summed E-state index contributed by atoms with van der Waals surface area (Å²) in [6.45, 7) is 8.00. The van der Waals surface area contributed by atoms with Gasteiger partial charge in [-0.25, -0.2) is 0 Å². The Labute approximate surface area is 116 Å². The molecule has 0 saturated heterocycles. The van der Waals surface area contributed by atoms with E-state index in [2.05, 4.69) is 36.5 Å². The quantitative estimate of drug-likeness (QED) is 0.516. The summed E-state index contributed by atoms with van der Waals surface area (Å²) in [5.74, 6) is 1.13. The Balaban J connectivity index is 2.19. The molecule has 0 saturated carbocycles. The summed E-state index contributed by atoms with van der Waals surface area (Å²) in [6, 6.07) is 8.86. The van der Waals surface area contributed by atoms with Crippen LogP contribution in [0.15, 0.2) is 29.2 Å². The zero-order valence-electron chi connectivity index (χ0n) is 11.6. The second-order valence-electron chi connectivity index (χ2n) is 4.22. The SMILES string of the molecule is CCCNCc1ccc(SCCCOCC)cc1. The van der Waals surface area contributed by atoms with Crippen LogP contribution in [0, 0.1) is 0 Å². The summed E-state index contributed by atoms with van der Waals surface area (Å²) in [4.78, 5) is 1.35. The molecular weight excluding hydrogens is 242 g/mol. The van der Waals surface area contributed by atoms with Crippen molar-refractivity contribution < 1.29 is 4.74 Å². The van der Waals surface area contributed by atoms with Crippen molar-refractivity contribution in [2.75, 3.05) is 25.5 Å². The lowest BCUT2D eigenvalue weighted by Gasteiger charge is -2.05. The smallest absolute Gasteiger partial charge is 0.0473 e. The molecule has 1 aromatic rings. The van der Waals surface area contributed by atoms with Crippen LogP contribution in [-0.4, -0.2) is 25.5 Å². The largest absolute Gasteiger partial charge is 0.382 e. The first-order valence-electron chi connectivity index (χ1n) is 6.87. The number of thioether (sulfide) groups is 1. The molecule has 0 fully saturated rings. The van der Waals surface area contributed by atoms with E-state index >= 15 is 0 Å². The molecule has 0 aromatic heterocycles. The van der Waals surface area contributed by atoms with Crippen LogP contribution in [0.5, 0.6) is 0 Å². The second kappa shape index (κ2) is 10.4. The van der Waals surface area contributed by atoms with Crippen LogP contribution in [0.2, 0.25) is 0 Å². The average molecular weight is 267 g/mol. The maximum Gasteiger partial charge on any atom is 0.0473 e. The maximum absolute atomic E-state index is 5.32. The third-order valence-electron chi connectivity index (χ3n) is 2.59. The zero-order valence-corrected chi connectivity index (χ0v) is 12.4. The lowest BCUT2D eigenvalue weighted by molar-refractivity contribution is 0.149. The van der Waals surface area contributed by atoms with Crippen molar-refractivity contribution in [3.8, 4) is 0 Å². The van der Waals surface area contributed by atoms with Crippen LogP contribution in [0.3, 0.4) is 0 Å². The van der Waals surface area contributed by atoms with Crippen LogP contribution in [-0.2, 0) is 11.3 Å². The monoisotopic (exact) mass is 267 g/mol. The Kier molecular flexibility index (Phi) is 9.00. The van der Waals surface area contributed by atoms with Crippen LogP contribution < -0.4 is 5.32 Å². The molecule has 1 N–H and O–H groups in total. The van der Waals surface area contributed by atoms with Crippen LogP contribution in [0.1, 0.15) is 32.3 Å². The van der Waals surface area contributed by atoms with Crippen LogP contribution in [0.4, 0.5) is 0 Å². The van der Waals surface area contributed by atoms with Gasteiger partial charge in [-0.2, -0.15) is 0 Å². The summed E-state index contributed by atoms with van der Waals surface area (Å²) >= 11 is 1.91. The van der Waals surface area contributed by atoms with E-state index in [0.29, 0.717) is 0 Å². The Hall–Kier alpha value is -0.510. The van der Waals surface area contributed by atoms with Crippen molar-refractivity contribution in [1.82, 2.24) is 5.32 Å². The molecule has 3 heteroatoms. The highest BCUT2D eigenvalue weighted by molar-refractivity contribution is 7.99. The fourth-order valence-corrected chi connectivity index (χ4v) is 2.43. The van der Waals surface area contributed by atoms with Crippen LogP contribution >= 0.6 is 11.8 Å². The first kappa shape index (κ1) is 15.5. The lowest BCUT2D eigenvalue weighted by Crippen LogP contribution is -2.13. The Morgan fingerprint density at radius 2 is 1.94 bits per heavy atom. The van der Waals surface area contributed by atoms with Crippen molar-refractivity contribution in [2.24, 2.45) is 0 Å². The maximum atomic E-state index is 5.32. The van der Waals surface area contributed by atoms with Crippen molar-refractivity contribution in [2.45, 2.75) is 38.1 Å². The average Bonchev–Trinajstić information content (AvgIpc) is 2.40. The number of hydrogen-bond donors (Lipinski definition) is 1. The van der Waals surface area contributed by atoms with Gasteiger partial charge in [-0.05, 0) is 44.0 Å². The predicted molar refractivity (Wildman–Crippen MR) is 80.3 cm³/mol. The molecule has 0 spiro atoms. The van der Waals surface area contributed by atoms with Gasteiger partial charge in [0.2, 0.25) is 0 Å². The Morgan fingerprint density at radius 3 is 2.61 bits per heavy atom. The molecule has 1 aromatic carbocycles. The molecule has 0 radical (unpaired) electrons. The number of ether oxygens (including phenoxy) is 1. The minimum atomic E-state index is 0.824. The molecule has 0 aliphatic carbocycles. The van der Waals surface area contributed by atoms with Gasteiger partial charge in [0.05, 0.1) is 0 Å². The van der Waals surface area contributed by atoms with Gasteiger partial charge in [0, 0.05) is 30.4 Å². The first-order valence-corrected chi connectivity index (χ1v) is 7.85. The van der Waals surface area contributed by atoms with E-state index in [1.807, 2.05) is 18.7 Å². The number of rotatable bonds is 10. The van der Waals surface area contributed by atoms with Gasteiger partial charge >= 0.3 is 0 Å². The number of benzene rings is 1. The molecule has 1 rings (SSSR count). The molecular formula is C15H25NOS. The highest BCUT2D eigenvalue weighted by atomic mass is 32.2. The highest BCUT2D eigenvalue weighted by Crippen LogP contribution is 2.19. The lowest BCUT2D eigenvalue weighted by atomic mass is 10.2. The summed E-state index contributed by atoms with van der Waals surface area (Å²) in [5.41, 5.74) is 1.36. The molecule has 0 atom stereocenters. The minimum absolute atomic E-state index is 0.824. The fraction of sp³-hybridized carbons (Fsp3) is 0.600. The summed E-state index contributed by atoms with van der Waals surface area (Å²) in [5, 5.41) is 3.41. The molecule has 0 amide bonds. The molecule has 102 valence electrons. The molecule has 0 aliphatic heterocycles. The highest BCUT2D eigenvalue weighted by Gasteiger charge is 1.96. The van der Waals surface area contributed by atoms with E-state index < -0.39 is 0 Å². The van der Waals surface area contributed by atoms with Gasteiger partial charge in [0.25, 0.3) is 0 Å². The minimum Gasteiger partial charge on any atom is -0.382 e. The van der Waals surface area contributed by atoms with Crippen molar-refractivity contribution >= 4 is 11.8 Å². The van der Waals surface area contributed by atoms with Gasteiger partial charge in [-0.1, -0.05) is 19.1 Å². The van der Waals surface area contributed by atoms with E-state index in [1.54, 1.807) is 0 Å². The number of hydrogen-bond acceptors (Lipinski definition) is 3. The Bertz CT molecular complexity index is 300. The third-order valence-corrected chi connectivity index (χ3v) is 3.68. The molecule has 2 nitrogen and oxygen atoms in total. The van der Waals surface area contributed by atoms with Gasteiger partial charge in [-0.3, -0.25) is 0 Å². The first-order chi connectivity index (χ1) is 8.86.